The highest BCUT2D eigenvalue weighted by molar-refractivity contribution is 9.10. The number of benzene rings is 2. The molecule has 0 unspecified atom stereocenters. The third kappa shape index (κ3) is 7.27. The highest BCUT2D eigenvalue weighted by atomic mass is 79.9. The number of ether oxygens (including phenoxy) is 1. The summed E-state index contributed by atoms with van der Waals surface area (Å²) in [7, 11) is 7.71. The van der Waals surface area contributed by atoms with Crippen molar-refractivity contribution in [1.29, 1.82) is 0 Å². The van der Waals surface area contributed by atoms with E-state index in [4.69, 9.17) is 4.74 Å². The smallest absolute Gasteiger partial charge is 0.258 e. The highest BCUT2D eigenvalue weighted by Crippen LogP contribution is 2.32. The van der Waals surface area contributed by atoms with Crippen molar-refractivity contribution in [1.82, 2.24) is 24.8 Å². The van der Waals surface area contributed by atoms with Crippen molar-refractivity contribution in [3.05, 3.63) is 76.9 Å². The fourth-order valence-corrected chi connectivity index (χ4v) is 4.28. The molecule has 0 aliphatic rings. The summed E-state index contributed by atoms with van der Waals surface area (Å²) in [6.07, 6.45) is 3.87. The number of halogens is 2. The number of anilines is 3. The molecule has 12 heteroatoms. The Balaban J connectivity index is 1.57. The predicted octanol–water partition coefficient (Wildman–Crippen LogP) is 5.31. The maximum atomic E-state index is 14.9. The molecular formula is C28H30BrFN8O2. The Morgan fingerprint density at radius 3 is 2.65 bits per heavy atom. The van der Waals surface area contributed by atoms with Gasteiger partial charge in [0.2, 0.25) is 11.8 Å². The molecule has 10 nitrogen and oxygen atoms in total. The Bertz CT molecular complexity index is 1490. The average Bonchev–Trinajstić information content (AvgIpc) is 2.94. The summed E-state index contributed by atoms with van der Waals surface area (Å²) < 4.78 is 21.6. The standard InChI is InChI=1S/C28H30BrFN8O2/c1-31-28-34-17-33-25(36-28)20-7-5-12-32-27(20)40-19-9-10-22(30)21(16-19)26(39)35-23-15-18(29)8-11-24(23)38(4)14-6-13-37(2)3/h5,7-12,15-17H,6,13-14H2,1-4H3,(H,35,39)(H,31,33,34,36). The molecule has 2 N–H and O–H groups in total. The first kappa shape index (κ1) is 28.8. The van der Waals surface area contributed by atoms with E-state index >= 15 is 0 Å². The molecule has 0 saturated carbocycles. The fraction of sp³-hybridized carbons (Fsp3) is 0.250. The van der Waals surface area contributed by atoms with Crippen LogP contribution in [0.5, 0.6) is 11.6 Å². The molecule has 0 aliphatic carbocycles. The topological polar surface area (TPSA) is 108 Å². The predicted molar refractivity (Wildman–Crippen MR) is 158 cm³/mol. The number of hydrogen-bond acceptors (Lipinski definition) is 9. The normalized spacial score (nSPS) is 10.9. The molecule has 0 atom stereocenters. The van der Waals surface area contributed by atoms with E-state index in [1.807, 2.05) is 33.3 Å². The molecule has 0 bridgehead atoms. The molecular weight excluding hydrogens is 579 g/mol. The number of aromatic nitrogens is 4. The Morgan fingerprint density at radius 2 is 1.88 bits per heavy atom. The Morgan fingerprint density at radius 1 is 1.05 bits per heavy atom. The number of pyridine rings is 1. The van der Waals surface area contributed by atoms with Gasteiger partial charge in [0, 0.05) is 31.3 Å². The fourth-order valence-electron chi connectivity index (χ4n) is 3.92. The van der Waals surface area contributed by atoms with E-state index < -0.39 is 11.7 Å². The second-order valence-corrected chi connectivity index (χ2v) is 10.1. The van der Waals surface area contributed by atoms with Crippen molar-refractivity contribution in [2.24, 2.45) is 0 Å². The number of carbonyl (C=O) groups excluding carboxylic acids is 1. The number of rotatable bonds is 11. The van der Waals surface area contributed by atoms with Gasteiger partial charge in [-0.05, 0) is 75.6 Å². The van der Waals surface area contributed by atoms with Crippen LogP contribution in [0.25, 0.3) is 11.4 Å². The van der Waals surface area contributed by atoms with Gasteiger partial charge in [-0.25, -0.2) is 19.3 Å². The molecule has 2 heterocycles. The van der Waals surface area contributed by atoms with Gasteiger partial charge in [-0.1, -0.05) is 15.9 Å². The number of amides is 1. The van der Waals surface area contributed by atoms with Gasteiger partial charge < -0.3 is 25.2 Å². The zero-order chi connectivity index (χ0) is 28.6. The lowest BCUT2D eigenvalue weighted by atomic mass is 10.1. The van der Waals surface area contributed by atoms with E-state index in [2.05, 4.69) is 56.3 Å². The lowest BCUT2D eigenvalue weighted by Crippen LogP contribution is -2.25. The minimum atomic E-state index is -0.682. The quantitative estimate of drug-likeness (QED) is 0.234. The summed E-state index contributed by atoms with van der Waals surface area (Å²) in [5.41, 5.74) is 1.71. The van der Waals surface area contributed by atoms with Gasteiger partial charge in [0.05, 0.1) is 22.5 Å². The zero-order valence-electron chi connectivity index (χ0n) is 22.7. The van der Waals surface area contributed by atoms with Crippen LogP contribution in [0, 0.1) is 5.82 Å². The van der Waals surface area contributed by atoms with Crippen LogP contribution in [0.1, 0.15) is 16.8 Å². The molecule has 0 spiro atoms. The average molecular weight is 610 g/mol. The van der Waals surface area contributed by atoms with Crippen molar-refractivity contribution in [2.75, 3.05) is 56.8 Å². The van der Waals surface area contributed by atoms with Crippen LogP contribution in [-0.4, -0.2) is 72.0 Å². The number of nitrogens with zero attached hydrogens (tertiary/aromatic N) is 6. The van der Waals surface area contributed by atoms with Gasteiger partial charge in [-0.15, -0.1) is 0 Å². The second-order valence-electron chi connectivity index (χ2n) is 9.18. The molecule has 0 aliphatic heterocycles. The monoisotopic (exact) mass is 608 g/mol. The third-order valence-corrected chi connectivity index (χ3v) is 6.41. The van der Waals surface area contributed by atoms with E-state index in [1.165, 1.54) is 24.5 Å². The van der Waals surface area contributed by atoms with E-state index in [-0.39, 0.29) is 17.2 Å². The van der Waals surface area contributed by atoms with Gasteiger partial charge in [-0.3, -0.25) is 4.79 Å². The van der Waals surface area contributed by atoms with E-state index in [0.717, 1.165) is 29.7 Å². The van der Waals surface area contributed by atoms with Gasteiger partial charge in [-0.2, -0.15) is 4.98 Å². The van der Waals surface area contributed by atoms with Crippen LogP contribution in [-0.2, 0) is 0 Å². The maximum Gasteiger partial charge on any atom is 0.258 e. The molecule has 0 radical (unpaired) electrons. The third-order valence-electron chi connectivity index (χ3n) is 5.92. The molecule has 2 aromatic heterocycles. The minimum Gasteiger partial charge on any atom is -0.438 e. The first-order valence-corrected chi connectivity index (χ1v) is 13.3. The van der Waals surface area contributed by atoms with Gasteiger partial charge >= 0.3 is 0 Å². The molecule has 4 aromatic rings. The Kier molecular flexibility index (Phi) is 9.56. The summed E-state index contributed by atoms with van der Waals surface area (Å²) in [5, 5.41) is 5.73. The van der Waals surface area contributed by atoms with Crippen LogP contribution < -0.4 is 20.3 Å². The Hall–Kier alpha value is -4.16. The van der Waals surface area contributed by atoms with Crippen molar-refractivity contribution in [2.45, 2.75) is 6.42 Å². The summed E-state index contributed by atoms with van der Waals surface area (Å²) in [6, 6.07) is 13.0. The summed E-state index contributed by atoms with van der Waals surface area (Å²) in [4.78, 5) is 34.3. The number of nitrogens with one attached hydrogen (secondary N) is 2. The van der Waals surface area contributed by atoms with E-state index in [1.54, 1.807) is 31.4 Å². The number of hydrogen-bond donors (Lipinski definition) is 2. The zero-order valence-corrected chi connectivity index (χ0v) is 24.2. The maximum absolute atomic E-state index is 14.9. The van der Waals surface area contributed by atoms with E-state index in [9.17, 15) is 9.18 Å². The second kappa shape index (κ2) is 13.3. The molecule has 40 heavy (non-hydrogen) atoms. The first-order valence-electron chi connectivity index (χ1n) is 12.5. The molecule has 0 fully saturated rings. The van der Waals surface area contributed by atoms with Crippen molar-refractivity contribution in [3.8, 4) is 23.0 Å². The van der Waals surface area contributed by atoms with Crippen molar-refractivity contribution < 1.29 is 13.9 Å². The lowest BCUT2D eigenvalue weighted by Gasteiger charge is -2.24. The lowest BCUT2D eigenvalue weighted by molar-refractivity contribution is 0.102. The summed E-state index contributed by atoms with van der Waals surface area (Å²) in [5.74, 6) is -0.137. The molecule has 2 aromatic carbocycles. The SMILES string of the molecule is CNc1ncnc(-c2cccnc2Oc2ccc(F)c(C(=O)Nc3cc(Br)ccc3N(C)CCCN(C)C)c2)n1. The Labute approximate surface area is 240 Å². The van der Waals surface area contributed by atoms with Crippen LogP contribution in [0.4, 0.5) is 21.7 Å². The van der Waals surface area contributed by atoms with Gasteiger partial charge in [0.25, 0.3) is 5.91 Å². The van der Waals surface area contributed by atoms with Crippen molar-refractivity contribution >= 4 is 39.2 Å². The molecule has 208 valence electrons. The highest BCUT2D eigenvalue weighted by Gasteiger charge is 2.18. The van der Waals surface area contributed by atoms with Gasteiger partial charge in [0.15, 0.2) is 5.82 Å². The van der Waals surface area contributed by atoms with Crippen LogP contribution in [0.3, 0.4) is 0 Å². The largest absolute Gasteiger partial charge is 0.438 e. The summed E-state index contributed by atoms with van der Waals surface area (Å²) in [6.45, 7) is 1.71. The van der Waals surface area contributed by atoms with Crippen LogP contribution in [0.2, 0.25) is 0 Å². The number of carbonyl (C=O) groups is 1. The minimum absolute atomic E-state index is 0.172. The van der Waals surface area contributed by atoms with Gasteiger partial charge in [0.1, 0.15) is 17.9 Å². The van der Waals surface area contributed by atoms with Crippen molar-refractivity contribution in [3.63, 3.8) is 0 Å². The molecule has 0 saturated heterocycles. The summed E-state index contributed by atoms with van der Waals surface area (Å²) >= 11 is 3.47. The molecule has 1 amide bonds. The van der Waals surface area contributed by atoms with Crippen LogP contribution >= 0.6 is 15.9 Å². The first-order chi connectivity index (χ1) is 19.2. The van der Waals surface area contributed by atoms with Crippen LogP contribution in [0.15, 0.2) is 65.5 Å². The van der Waals surface area contributed by atoms with E-state index in [0.29, 0.717) is 23.0 Å². The molecule has 4 rings (SSSR count).